The maximum atomic E-state index is 13.7. The smallest absolute Gasteiger partial charge is 0.379 e. The molecule has 5 N–H and O–H groups in total. The van der Waals surface area contributed by atoms with Crippen molar-refractivity contribution < 1.29 is 43.9 Å². The molecule has 1 aliphatic rings. The van der Waals surface area contributed by atoms with Gasteiger partial charge in [-0.2, -0.15) is 0 Å². The van der Waals surface area contributed by atoms with Crippen molar-refractivity contribution >= 4 is 17.7 Å². The Bertz CT molecular complexity index is 442. The highest BCUT2D eigenvalue weighted by atomic mass is 19.1. The van der Waals surface area contributed by atoms with Crippen molar-refractivity contribution in [2.75, 3.05) is 6.61 Å². The molecule has 0 aliphatic carbocycles. The van der Waals surface area contributed by atoms with Crippen molar-refractivity contribution in [3.05, 3.63) is 0 Å². The number of carboxylic acids is 1. The summed E-state index contributed by atoms with van der Waals surface area (Å²) in [5.41, 5.74) is 0. The van der Waals surface area contributed by atoms with Crippen molar-refractivity contribution in [3.8, 4) is 0 Å². The number of carboxylic acid groups (broad SMARTS) is 1. The first-order chi connectivity index (χ1) is 9.70. The Balaban J connectivity index is 3.21. The van der Waals surface area contributed by atoms with E-state index in [1.54, 1.807) is 0 Å². The molecular weight excluding hydrogens is 293 g/mol. The summed E-state index contributed by atoms with van der Waals surface area (Å²) in [6, 6.07) is -1.53. The lowest BCUT2D eigenvalue weighted by Gasteiger charge is -2.31. The lowest BCUT2D eigenvalue weighted by Crippen LogP contribution is -2.65. The van der Waals surface area contributed by atoms with E-state index in [9.17, 15) is 34.4 Å². The summed E-state index contributed by atoms with van der Waals surface area (Å²) in [6.45, 7) is 0.146. The Kier molecular flexibility index (Phi) is 5.72. The molecule has 0 saturated heterocycles. The second kappa shape index (κ2) is 6.89. The van der Waals surface area contributed by atoms with E-state index in [0.717, 1.165) is 6.92 Å². The fourth-order valence-electron chi connectivity index (χ4n) is 1.99. The molecule has 9 nitrogen and oxygen atoms in total. The number of aliphatic carboxylic acids is 1. The molecule has 0 aromatic rings. The van der Waals surface area contributed by atoms with Crippen molar-refractivity contribution in [3.63, 3.8) is 0 Å². The lowest BCUT2D eigenvalue weighted by molar-refractivity contribution is -0.537. The Morgan fingerprint density at radius 3 is 2.48 bits per heavy atom. The molecule has 10 heteroatoms. The van der Waals surface area contributed by atoms with Crippen LogP contribution in [0.2, 0.25) is 0 Å². The van der Waals surface area contributed by atoms with Crippen LogP contribution >= 0.6 is 0 Å². The van der Waals surface area contributed by atoms with E-state index in [0.29, 0.717) is 0 Å². The maximum absolute atomic E-state index is 13.7. The molecule has 0 spiro atoms. The quantitative estimate of drug-likeness (QED) is 0.251. The molecule has 1 rings (SSSR count). The van der Waals surface area contributed by atoms with E-state index in [4.69, 9.17) is 9.53 Å². The molecule has 0 saturated carbocycles. The zero-order chi connectivity index (χ0) is 16.3. The van der Waals surface area contributed by atoms with Gasteiger partial charge in [-0.25, -0.2) is 8.82 Å². The summed E-state index contributed by atoms with van der Waals surface area (Å²) in [4.78, 5) is 21.8. The van der Waals surface area contributed by atoms with Crippen molar-refractivity contribution in [2.45, 2.75) is 43.6 Å². The number of hydrogen-bond acceptors (Lipinski definition) is 7. The number of ketones is 1. The van der Waals surface area contributed by atoms with E-state index in [1.165, 1.54) is 0 Å². The van der Waals surface area contributed by atoms with Gasteiger partial charge in [-0.15, -0.1) is 0 Å². The molecular formula is C11H16FNO8. The molecule has 6 atom stereocenters. The molecule has 0 aromatic heterocycles. The summed E-state index contributed by atoms with van der Waals surface area (Å²) in [7, 11) is 0. The molecule has 0 radical (unpaired) electrons. The Morgan fingerprint density at radius 1 is 1.48 bits per heavy atom. The van der Waals surface area contributed by atoms with Crippen molar-refractivity contribution in [2.24, 2.45) is 0 Å². The number of alkyl halides is 1. The highest BCUT2D eigenvalue weighted by molar-refractivity contribution is 6.34. The molecule has 1 heterocycles. The first-order valence-corrected chi connectivity index (χ1v) is 6.01. The number of hydrogen-bond donors (Lipinski definition) is 5. The van der Waals surface area contributed by atoms with Crippen LogP contribution in [0.25, 0.3) is 0 Å². The summed E-state index contributed by atoms with van der Waals surface area (Å²) in [6.07, 6.45) is -9.85. The van der Waals surface area contributed by atoms with Crippen LogP contribution in [0.15, 0.2) is 0 Å². The van der Waals surface area contributed by atoms with Crippen LogP contribution in [-0.2, 0) is 14.0 Å². The number of nitrogens with one attached hydrogen (secondary N) is 1. The number of aliphatic hydroxyl groups excluding tert-OH is 4. The van der Waals surface area contributed by atoms with Crippen LogP contribution in [0.1, 0.15) is 6.92 Å². The highest BCUT2D eigenvalue weighted by Gasteiger charge is 2.55. The van der Waals surface area contributed by atoms with Crippen molar-refractivity contribution in [1.29, 1.82) is 0 Å². The minimum Gasteiger partial charge on any atom is -0.538 e. The zero-order valence-corrected chi connectivity index (χ0v) is 11.0. The van der Waals surface area contributed by atoms with Gasteiger partial charge in [-0.05, 0) is 0 Å². The van der Waals surface area contributed by atoms with Gasteiger partial charge in [-0.1, -0.05) is 0 Å². The standard InChI is InChI=1S/C11H16FNO8/c1-3(15)13-6-8(18)5(12)9(11(19)20)21-10(6)7(17)4(16)2-14/h4-8,10,14,16-18H,2H2,1H3,(H-,13,15,19,20)/t4-,5-,6-,7-,8+,10-/m1/s1. The van der Waals surface area contributed by atoms with Crippen molar-refractivity contribution in [1.82, 2.24) is 5.32 Å². The van der Waals surface area contributed by atoms with Gasteiger partial charge in [0.25, 0.3) is 0 Å². The summed E-state index contributed by atoms with van der Waals surface area (Å²) in [5.74, 6) is -4.01. The van der Waals surface area contributed by atoms with E-state index in [-0.39, 0.29) is 0 Å². The SMILES string of the molecule is CC(=O)N[C@@H]1[C@@H](O)[C@@H](F)C(C(=O)[O-])=[O+][C@H]1[C@H](O)[C@H](O)CO. The second-order valence-electron chi connectivity index (χ2n) is 4.59. The minimum atomic E-state index is -2.48. The molecule has 1 amide bonds. The number of halogens is 1. The van der Waals surface area contributed by atoms with Gasteiger partial charge in [0.05, 0.1) is 6.61 Å². The number of carbonyl (C=O) groups is 2. The van der Waals surface area contributed by atoms with Crippen LogP contribution in [0, 0.1) is 0 Å². The zero-order valence-electron chi connectivity index (χ0n) is 11.0. The van der Waals surface area contributed by atoms with Crippen LogP contribution in [0.4, 0.5) is 4.39 Å². The lowest BCUT2D eigenvalue weighted by atomic mass is 9.90. The van der Waals surface area contributed by atoms with Gasteiger partial charge in [0.2, 0.25) is 12.1 Å². The van der Waals surface area contributed by atoms with Gasteiger partial charge in [0, 0.05) is 6.92 Å². The van der Waals surface area contributed by atoms with E-state index in [1.807, 2.05) is 0 Å². The van der Waals surface area contributed by atoms with Gasteiger partial charge in [-0.3, -0.25) is 4.79 Å². The summed E-state index contributed by atoms with van der Waals surface area (Å²) < 4.78 is 18.4. The van der Waals surface area contributed by atoms with Crippen LogP contribution in [0.3, 0.4) is 0 Å². The molecule has 1 aliphatic heterocycles. The minimum absolute atomic E-state index is 0.706. The largest absolute Gasteiger partial charge is 0.538 e. The third-order valence-corrected chi connectivity index (χ3v) is 3.02. The third kappa shape index (κ3) is 3.73. The normalized spacial score (nSPS) is 32.0. The average molecular weight is 309 g/mol. The van der Waals surface area contributed by atoms with E-state index in [2.05, 4.69) is 5.32 Å². The van der Waals surface area contributed by atoms with Gasteiger partial charge in [0.1, 0.15) is 12.2 Å². The fraction of sp³-hybridized carbons (Fsp3) is 0.727. The molecule has 120 valence electrons. The summed E-state index contributed by atoms with van der Waals surface area (Å²) >= 11 is 0. The second-order valence-corrected chi connectivity index (χ2v) is 4.59. The Morgan fingerprint density at radius 2 is 2.05 bits per heavy atom. The molecule has 0 unspecified atom stereocenters. The van der Waals surface area contributed by atoms with Gasteiger partial charge in [0.15, 0.2) is 18.1 Å². The fourth-order valence-corrected chi connectivity index (χ4v) is 1.99. The Labute approximate surface area is 118 Å². The number of rotatable bonds is 5. The van der Waals surface area contributed by atoms with Crippen LogP contribution in [0.5, 0.6) is 0 Å². The average Bonchev–Trinajstić information content (AvgIpc) is 2.41. The topological polar surface area (TPSA) is 161 Å². The number of aliphatic hydroxyl groups is 4. The first kappa shape index (κ1) is 17.4. The molecule has 21 heavy (non-hydrogen) atoms. The third-order valence-electron chi connectivity index (χ3n) is 3.02. The number of carbonyl (C=O) groups excluding carboxylic acids is 3. The number of amides is 1. The molecule has 0 fully saturated rings. The Hall–Kier alpha value is -1.62. The highest BCUT2D eigenvalue weighted by Crippen LogP contribution is 2.20. The molecule has 0 bridgehead atoms. The predicted molar refractivity (Wildman–Crippen MR) is 61.4 cm³/mol. The van der Waals surface area contributed by atoms with Gasteiger partial charge >= 0.3 is 11.9 Å². The van der Waals surface area contributed by atoms with Gasteiger partial charge < -0.3 is 35.6 Å². The summed E-state index contributed by atoms with van der Waals surface area (Å²) in [5, 5.41) is 50.5. The first-order valence-electron chi connectivity index (χ1n) is 6.01. The predicted octanol–water partition coefficient (Wildman–Crippen LogP) is -4.86. The maximum Gasteiger partial charge on any atom is 0.379 e. The van der Waals surface area contributed by atoms with E-state index >= 15 is 0 Å². The monoisotopic (exact) mass is 309 g/mol. The van der Waals surface area contributed by atoms with E-state index < -0.39 is 60.9 Å². The van der Waals surface area contributed by atoms with Crippen LogP contribution in [-0.4, -0.2) is 81.3 Å². The molecule has 0 aromatic carbocycles. The van der Waals surface area contributed by atoms with Crippen LogP contribution < -0.4 is 10.4 Å².